The topological polar surface area (TPSA) is 98.8 Å². The highest BCUT2D eigenvalue weighted by Crippen LogP contribution is 2.00. The maximum Gasteiger partial charge on any atom is 0.325 e. The van der Waals surface area contributed by atoms with Gasteiger partial charge in [-0.05, 0) is 6.92 Å². The molecule has 16 heavy (non-hydrogen) atoms. The van der Waals surface area contributed by atoms with Crippen LogP contribution in [0.4, 0.5) is 0 Å². The average Bonchev–Trinajstić information content (AvgIpc) is 2.26. The largest absolute Gasteiger partial charge is 0.469 e. The maximum atomic E-state index is 11.4. The molecule has 94 valence electrons. The first kappa shape index (κ1) is 14.8. The Bertz CT molecular complexity index is 350. The molecule has 0 aromatic rings. The van der Waals surface area contributed by atoms with E-state index in [0.717, 1.165) is 7.11 Å². The highest BCUT2D eigenvalue weighted by molar-refractivity contribution is 7.90. The summed E-state index contributed by atoms with van der Waals surface area (Å²) in [7, 11) is -1.51. The normalized spacial score (nSPS) is 12.9. The number of ether oxygens (including phenoxy) is 2. The quantitative estimate of drug-likeness (QED) is 0.611. The summed E-state index contributed by atoms with van der Waals surface area (Å²) in [4.78, 5) is 21.7. The van der Waals surface area contributed by atoms with Crippen molar-refractivity contribution in [1.29, 1.82) is 0 Å². The van der Waals surface area contributed by atoms with Crippen LogP contribution in [-0.2, 0) is 29.1 Å². The molecule has 0 aliphatic carbocycles. The van der Waals surface area contributed by atoms with Gasteiger partial charge in [-0.1, -0.05) is 0 Å². The average molecular weight is 253 g/mol. The number of carbonyl (C=O) groups excluding carboxylic acids is 2. The third-order valence-corrected chi connectivity index (χ3v) is 3.59. The highest BCUT2D eigenvalue weighted by Gasteiger charge is 2.28. The number of esters is 2. The lowest BCUT2D eigenvalue weighted by Crippen LogP contribution is -2.39. The van der Waals surface area contributed by atoms with Crippen molar-refractivity contribution < 1.29 is 27.5 Å². The summed E-state index contributed by atoms with van der Waals surface area (Å²) in [6.45, 7) is 1.09. The van der Waals surface area contributed by atoms with E-state index in [0.29, 0.717) is 0 Å². The molecule has 7 nitrogen and oxygen atoms in total. The van der Waals surface area contributed by atoms with Gasteiger partial charge in [0, 0.05) is 6.54 Å². The zero-order valence-corrected chi connectivity index (χ0v) is 10.2. The summed E-state index contributed by atoms with van der Waals surface area (Å²) in [6.07, 6.45) is -0.0936. The molecule has 1 unspecified atom stereocenters. The molecule has 0 aliphatic rings. The van der Waals surface area contributed by atoms with E-state index < -0.39 is 27.2 Å². The van der Waals surface area contributed by atoms with Gasteiger partial charge >= 0.3 is 11.9 Å². The lowest BCUT2D eigenvalue weighted by Gasteiger charge is -2.11. The Labute approximate surface area is 94.2 Å². The van der Waals surface area contributed by atoms with Gasteiger partial charge in [0.05, 0.1) is 20.6 Å². The van der Waals surface area contributed by atoms with Crippen molar-refractivity contribution in [2.75, 3.05) is 20.8 Å². The predicted molar refractivity (Wildman–Crippen MR) is 55.0 cm³/mol. The Hall–Kier alpha value is -1.15. The molecule has 0 saturated heterocycles. The Morgan fingerprint density at radius 2 is 1.81 bits per heavy atom. The molecule has 0 aromatic carbocycles. The molecule has 0 radical (unpaired) electrons. The van der Waals surface area contributed by atoms with Crippen LogP contribution in [0.1, 0.15) is 13.3 Å². The third kappa shape index (κ3) is 4.58. The lowest BCUT2D eigenvalue weighted by molar-refractivity contribution is -0.140. The van der Waals surface area contributed by atoms with E-state index in [-0.39, 0.29) is 13.0 Å². The fraction of sp³-hybridized carbons (Fsp3) is 0.750. The first-order valence-electron chi connectivity index (χ1n) is 4.48. The van der Waals surface area contributed by atoms with Gasteiger partial charge in [-0.3, -0.25) is 9.59 Å². The Balaban J connectivity index is 4.26. The molecule has 0 spiro atoms. The molecule has 0 heterocycles. The van der Waals surface area contributed by atoms with Gasteiger partial charge < -0.3 is 9.47 Å². The van der Waals surface area contributed by atoms with Crippen molar-refractivity contribution in [1.82, 2.24) is 4.72 Å². The molecule has 0 bridgehead atoms. The van der Waals surface area contributed by atoms with Crippen LogP contribution in [0.2, 0.25) is 0 Å². The number of methoxy groups -OCH3 is 2. The number of hydrogen-bond donors (Lipinski definition) is 1. The van der Waals surface area contributed by atoms with Gasteiger partial charge in [0.15, 0.2) is 5.25 Å². The van der Waals surface area contributed by atoms with E-state index in [2.05, 4.69) is 14.2 Å². The van der Waals surface area contributed by atoms with Crippen LogP contribution in [0.15, 0.2) is 0 Å². The monoisotopic (exact) mass is 253 g/mol. The number of rotatable bonds is 6. The number of hydrogen-bond acceptors (Lipinski definition) is 6. The smallest absolute Gasteiger partial charge is 0.325 e. The van der Waals surface area contributed by atoms with Gasteiger partial charge in [-0.15, -0.1) is 0 Å². The second-order valence-electron chi connectivity index (χ2n) is 2.93. The van der Waals surface area contributed by atoms with Gasteiger partial charge in [-0.25, -0.2) is 13.1 Å². The van der Waals surface area contributed by atoms with Crippen molar-refractivity contribution >= 4 is 22.0 Å². The zero-order valence-electron chi connectivity index (χ0n) is 9.35. The van der Waals surface area contributed by atoms with E-state index in [1.807, 2.05) is 0 Å². The molecule has 0 aromatic heterocycles. The highest BCUT2D eigenvalue weighted by atomic mass is 32.2. The van der Waals surface area contributed by atoms with Crippen LogP contribution in [0.25, 0.3) is 0 Å². The molecule has 0 amide bonds. The molecular formula is C8H15NO6S. The summed E-state index contributed by atoms with van der Waals surface area (Å²) < 4.78 is 33.6. The van der Waals surface area contributed by atoms with Gasteiger partial charge in [0.1, 0.15) is 0 Å². The minimum absolute atomic E-state index is 0.0936. The van der Waals surface area contributed by atoms with E-state index in [4.69, 9.17) is 0 Å². The fourth-order valence-corrected chi connectivity index (χ4v) is 1.80. The molecule has 0 fully saturated rings. The van der Waals surface area contributed by atoms with Crippen LogP contribution in [0.3, 0.4) is 0 Å². The summed E-state index contributed by atoms with van der Waals surface area (Å²) in [5, 5.41) is -1.31. The minimum Gasteiger partial charge on any atom is -0.469 e. The van der Waals surface area contributed by atoms with Crippen LogP contribution >= 0.6 is 0 Å². The number of carbonyl (C=O) groups is 2. The Kier molecular flexibility index (Phi) is 5.97. The molecule has 1 N–H and O–H groups in total. The first-order valence-corrected chi connectivity index (χ1v) is 6.03. The Morgan fingerprint density at radius 1 is 1.25 bits per heavy atom. The molecule has 1 atom stereocenters. The second kappa shape index (κ2) is 6.44. The fourth-order valence-electron chi connectivity index (χ4n) is 0.815. The van der Waals surface area contributed by atoms with Gasteiger partial charge in [0.2, 0.25) is 10.0 Å². The number of sulfonamides is 1. The van der Waals surface area contributed by atoms with Gasteiger partial charge in [-0.2, -0.15) is 0 Å². The van der Waals surface area contributed by atoms with Crippen LogP contribution < -0.4 is 4.72 Å². The SMILES string of the molecule is COC(=O)CCNS(=O)(=O)C(C)C(=O)OC. The summed E-state index contributed by atoms with van der Waals surface area (Å²) >= 11 is 0. The van der Waals surface area contributed by atoms with E-state index >= 15 is 0 Å². The number of nitrogens with one attached hydrogen (secondary N) is 1. The maximum absolute atomic E-state index is 11.4. The third-order valence-electron chi connectivity index (χ3n) is 1.86. The van der Waals surface area contributed by atoms with Crippen LogP contribution in [-0.4, -0.2) is 46.4 Å². The second-order valence-corrected chi connectivity index (χ2v) is 5.02. The van der Waals surface area contributed by atoms with E-state index in [9.17, 15) is 18.0 Å². The first-order chi connectivity index (χ1) is 7.35. The van der Waals surface area contributed by atoms with Crippen molar-refractivity contribution in [2.45, 2.75) is 18.6 Å². The van der Waals surface area contributed by atoms with E-state index in [1.165, 1.54) is 14.0 Å². The minimum atomic E-state index is -3.81. The molecule has 0 rings (SSSR count). The van der Waals surface area contributed by atoms with Gasteiger partial charge in [0.25, 0.3) is 0 Å². The molecule has 0 saturated carbocycles. The lowest BCUT2D eigenvalue weighted by atomic mass is 10.4. The molecule has 0 aliphatic heterocycles. The molecule has 8 heteroatoms. The standard InChI is InChI=1S/C8H15NO6S/c1-6(8(11)15-3)16(12,13)9-5-4-7(10)14-2/h6,9H,4-5H2,1-3H3. The zero-order chi connectivity index (χ0) is 12.8. The van der Waals surface area contributed by atoms with Crippen LogP contribution in [0, 0.1) is 0 Å². The summed E-state index contributed by atoms with van der Waals surface area (Å²) in [5.74, 6) is -1.39. The summed E-state index contributed by atoms with van der Waals surface area (Å²) in [6, 6.07) is 0. The Morgan fingerprint density at radius 3 is 2.25 bits per heavy atom. The van der Waals surface area contributed by atoms with Crippen molar-refractivity contribution in [3.63, 3.8) is 0 Å². The van der Waals surface area contributed by atoms with E-state index in [1.54, 1.807) is 0 Å². The summed E-state index contributed by atoms with van der Waals surface area (Å²) in [5.41, 5.74) is 0. The van der Waals surface area contributed by atoms with Crippen molar-refractivity contribution in [2.24, 2.45) is 0 Å². The van der Waals surface area contributed by atoms with Crippen molar-refractivity contribution in [3.8, 4) is 0 Å². The predicted octanol–water partition coefficient (Wildman–Crippen LogP) is -0.970. The van der Waals surface area contributed by atoms with Crippen LogP contribution in [0.5, 0.6) is 0 Å². The molecular weight excluding hydrogens is 238 g/mol. The van der Waals surface area contributed by atoms with Crippen molar-refractivity contribution in [3.05, 3.63) is 0 Å².